The SMILES string of the molecule is CC/C=C\C/C=C\C/C=C\C/C=C\C/C=C\CCCCCC(=O)OC(COC(=O)CC/C=C\C/C=C\C/C=C\C/C=C\C/C=C\CCCCC)COC(=O)CC/C=C\C/C=C\C/C=C\C/C=C\C/C=C\CCCCC. The van der Waals surface area contributed by atoms with Crippen molar-refractivity contribution >= 4 is 17.9 Å². The summed E-state index contributed by atoms with van der Waals surface area (Å²) >= 11 is 0. The molecule has 0 aliphatic carbocycles. The van der Waals surface area contributed by atoms with Crippen LogP contribution < -0.4 is 0 Å². The van der Waals surface area contributed by atoms with Gasteiger partial charge in [-0.3, -0.25) is 14.4 Å². The third-order valence-corrected chi connectivity index (χ3v) is 11.4. The highest BCUT2D eigenvalue weighted by molar-refractivity contribution is 5.71. The molecule has 6 nitrogen and oxygen atoms in total. The molecule has 0 aromatic carbocycles. The van der Waals surface area contributed by atoms with Crippen LogP contribution in [-0.4, -0.2) is 37.2 Å². The molecule has 0 aliphatic heterocycles. The highest BCUT2D eigenvalue weighted by atomic mass is 16.6. The van der Waals surface area contributed by atoms with Gasteiger partial charge in [0.1, 0.15) is 13.2 Å². The van der Waals surface area contributed by atoms with Crippen LogP contribution >= 0.6 is 0 Å². The maximum absolute atomic E-state index is 12.9. The summed E-state index contributed by atoms with van der Waals surface area (Å²) in [5, 5.41) is 0. The zero-order valence-corrected chi connectivity index (χ0v) is 47.5. The van der Waals surface area contributed by atoms with E-state index in [2.05, 4.69) is 179 Å². The Balaban J connectivity index is 4.71. The first kappa shape index (κ1) is 69.5. The monoisotopic (exact) mass is 1030 g/mol. The lowest BCUT2D eigenvalue weighted by atomic mass is 10.1. The van der Waals surface area contributed by atoms with Crippen LogP contribution in [0.5, 0.6) is 0 Å². The second-order valence-corrected chi connectivity index (χ2v) is 18.5. The summed E-state index contributed by atoms with van der Waals surface area (Å²) in [6.07, 6.45) is 91.9. The molecule has 0 unspecified atom stereocenters. The van der Waals surface area contributed by atoms with Gasteiger partial charge in [0.15, 0.2) is 6.10 Å². The Kier molecular flexibility index (Phi) is 56.6. The van der Waals surface area contributed by atoms with Crippen LogP contribution in [0.15, 0.2) is 182 Å². The van der Waals surface area contributed by atoms with E-state index < -0.39 is 6.10 Å². The lowest BCUT2D eigenvalue weighted by molar-refractivity contribution is -0.166. The fourth-order valence-electron chi connectivity index (χ4n) is 7.02. The minimum atomic E-state index is -0.868. The number of allylic oxidation sites excluding steroid dienone is 30. The summed E-state index contributed by atoms with van der Waals surface area (Å²) in [5.41, 5.74) is 0. The first-order valence-electron chi connectivity index (χ1n) is 29.3. The van der Waals surface area contributed by atoms with Gasteiger partial charge in [0.05, 0.1) is 0 Å². The molecule has 0 aromatic heterocycles. The summed E-state index contributed by atoms with van der Waals surface area (Å²) < 4.78 is 16.7. The molecule has 0 atom stereocenters. The maximum atomic E-state index is 12.9. The van der Waals surface area contributed by atoms with Gasteiger partial charge in [-0.2, -0.15) is 0 Å². The van der Waals surface area contributed by atoms with E-state index in [-0.39, 0.29) is 50.4 Å². The average Bonchev–Trinajstić information content (AvgIpc) is 3.41. The van der Waals surface area contributed by atoms with Crippen molar-refractivity contribution in [1.82, 2.24) is 0 Å². The van der Waals surface area contributed by atoms with Gasteiger partial charge in [-0.15, -0.1) is 0 Å². The Morgan fingerprint density at radius 1 is 0.280 bits per heavy atom. The predicted octanol–water partition coefficient (Wildman–Crippen LogP) is 20.1. The highest BCUT2D eigenvalue weighted by Gasteiger charge is 2.19. The van der Waals surface area contributed by atoms with Crippen molar-refractivity contribution in [1.29, 1.82) is 0 Å². The molecule has 0 amide bonds. The van der Waals surface area contributed by atoms with Crippen LogP contribution in [0.25, 0.3) is 0 Å². The van der Waals surface area contributed by atoms with Gasteiger partial charge in [-0.05, 0) is 141 Å². The first-order valence-corrected chi connectivity index (χ1v) is 29.3. The van der Waals surface area contributed by atoms with Crippen molar-refractivity contribution in [3.63, 3.8) is 0 Å². The van der Waals surface area contributed by atoms with Gasteiger partial charge >= 0.3 is 17.9 Å². The smallest absolute Gasteiger partial charge is 0.306 e. The normalized spacial score (nSPS) is 13.1. The molecule has 0 saturated heterocycles. The van der Waals surface area contributed by atoms with Crippen molar-refractivity contribution in [2.24, 2.45) is 0 Å². The second-order valence-electron chi connectivity index (χ2n) is 18.5. The van der Waals surface area contributed by atoms with Crippen molar-refractivity contribution in [2.75, 3.05) is 13.2 Å². The topological polar surface area (TPSA) is 78.9 Å². The van der Waals surface area contributed by atoms with E-state index in [1.807, 2.05) is 24.3 Å². The Bertz CT molecular complexity index is 1710. The number of hydrogen-bond acceptors (Lipinski definition) is 6. The largest absolute Gasteiger partial charge is 0.462 e. The summed E-state index contributed by atoms with van der Waals surface area (Å²) in [4.78, 5) is 38.2. The van der Waals surface area contributed by atoms with Crippen LogP contribution in [0.2, 0.25) is 0 Å². The summed E-state index contributed by atoms with van der Waals surface area (Å²) in [7, 11) is 0. The van der Waals surface area contributed by atoms with Crippen LogP contribution in [0.1, 0.15) is 213 Å². The minimum Gasteiger partial charge on any atom is -0.462 e. The molecule has 0 radical (unpaired) electrons. The average molecular weight is 1030 g/mol. The number of unbranched alkanes of at least 4 members (excludes halogenated alkanes) is 9. The van der Waals surface area contributed by atoms with Gasteiger partial charge in [0.2, 0.25) is 0 Å². The molecule has 75 heavy (non-hydrogen) atoms. The van der Waals surface area contributed by atoms with Gasteiger partial charge in [-0.25, -0.2) is 0 Å². The maximum Gasteiger partial charge on any atom is 0.306 e. The zero-order valence-electron chi connectivity index (χ0n) is 47.5. The van der Waals surface area contributed by atoms with Gasteiger partial charge in [0.25, 0.3) is 0 Å². The number of esters is 3. The van der Waals surface area contributed by atoms with E-state index in [1.165, 1.54) is 51.4 Å². The highest BCUT2D eigenvalue weighted by Crippen LogP contribution is 2.10. The Morgan fingerprint density at radius 3 is 0.840 bits per heavy atom. The standard InChI is InChI=1S/C69H104O6/c1-4-7-10-13-16-19-22-25-28-31-34-37-40-43-46-49-52-55-58-61-67(70)73-64-66(75-69(72)63-60-57-54-51-48-45-42-39-36-33-30-27-24-21-18-15-12-9-6-3)65-74-68(71)62-59-56-53-50-47-44-41-38-35-32-29-26-23-20-17-14-11-8-5-2/h9,12,16-21,25-30,34-39,43-48,52-53,55-56,66H,4-8,10-11,13-15,22-24,31-33,40-42,49-51,54,57-65H2,1-3H3/b12-9-,19-16-,20-17-,21-18-,28-25-,29-26-,30-27-,37-34-,38-35-,39-36-,46-43-,47-44-,48-45-,55-52-,56-53-. The molecule has 0 heterocycles. The van der Waals surface area contributed by atoms with E-state index in [0.29, 0.717) is 19.3 Å². The molecule has 6 heteroatoms. The van der Waals surface area contributed by atoms with Crippen molar-refractivity contribution in [2.45, 2.75) is 219 Å². The van der Waals surface area contributed by atoms with Crippen molar-refractivity contribution in [3.8, 4) is 0 Å². The summed E-state index contributed by atoms with van der Waals surface area (Å²) in [5.74, 6) is -1.17. The fourth-order valence-corrected chi connectivity index (χ4v) is 7.02. The summed E-state index contributed by atoms with van der Waals surface area (Å²) in [6, 6.07) is 0. The predicted molar refractivity (Wildman–Crippen MR) is 324 cm³/mol. The van der Waals surface area contributed by atoms with E-state index >= 15 is 0 Å². The lowest BCUT2D eigenvalue weighted by Gasteiger charge is -2.18. The third kappa shape index (κ3) is 59.3. The van der Waals surface area contributed by atoms with Crippen LogP contribution in [0.3, 0.4) is 0 Å². The first-order chi connectivity index (χ1) is 37.0. The third-order valence-electron chi connectivity index (χ3n) is 11.4. The molecule has 0 aliphatic rings. The Hall–Kier alpha value is -5.49. The molecule has 416 valence electrons. The number of carbonyl (C=O) groups excluding carboxylic acids is 3. The van der Waals surface area contributed by atoms with Gasteiger partial charge in [-0.1, -0.05) is 235 Å². The molecule has 0 rings (SSSR count). The fraction of sp³-hybridized carbons (Fsp3) is 0.522. The number of rotatable bonds is 50. The van der Waals surface area contributed by atoms with Crippen LogP contribution in [-0.2, 0) is 28.6 Å². The Labute approximate surface area is 459 Å². The van der Waals surface area contributed by atoms with E-state index in [4.69, 9.17) is 14.2 Å². The Morgan fingerprint density at radius 2 is 0.547 bits per heavy atom. The van der Waals surface area contributed by atoms with Gasteiger partial charge < -0.3 is 14.2 Å². The molecular weight excluding hydrogens is 925 g/mol. The molecule has 0 aromatic rings. The molecule has 0 saturated carbocycles. The molecular formula is C69H104O6. The lowest BCUT2D eigenvalue weighted by Crippen LogP contribution is -2.30. The van der Waals surface area contributed by atoms with Crippen LogP contribution in [0.4, 0.5) is 0 Å². The number of hydrogen-bond donors (Lipinski definition) is 0. The van der Waals surface area contributed by atoms with E-state index in [1.54, 1.807) is 0 Å². The second kappa shape index (κ2) is 61.1. The van der Waals surface area contributed by atoms with Crippen LogP contribution in [0, 0.1) is 0 Å². The zero-order chi connectivity index (χ0) is 54.3. The molecule has 0 spiro atoms. The molecule has 0 fully saturated rings. The number of carbonyl (C=O) groups is 3. The quantitative estimate of drug-likeness (QED) is 0.0261. The van der Waals surface area contributed by atoms with Crippen molar-refractivity contribution in [3.05, 3.63) is 182 Å². The minimum absolute atomic E-state index is 0.164. The summed E-state index contributed by atoms with van der Waals surface area (Å²) in [6.45, 7) is 6.29. The van der Waals surface area contributed by atoms with Gasteiger partial charge in [0, 0.05) is 19.3 Å². The number of ether oxygens (including phenoxy) is 3. The molecule has 0 N–H and O–H groups in total. The molecule has 0 bridgehead atoms. The van der Waals surface area contributed by atoms with Crippen molar-refractivity contribution < 1.29 is 28.6 Å². The van der Waals surface area contributed by atoms with E-state index in [9.17, 15) is 14.4 Å². The van der Waals surface area contributed by atoms with E-state index in [0.717, 1.165) is 103 Å².